The number of nitrogen functional groups attached to an aromatic ring is 1. The summed E-state index contributed by atoms with van der Waals surface area (Å²) in [5, 5.41) is 2.20. The lowest BCUT2D eigenvalue weighted by molar-refractivity contribution is 0.607. The van der Waals surface area contributed by atoms with Crippen LogP contribution >= 0.6 is 0 Å². The molecule has 1 aliphatic heterocycles. The van der Waals surface area contributed by atoms with Crippen LogP contribution in [0.15, 0.2) is 199 Å². The van der Waals surface area contributed by atoms with Gasteiger partial charge >= 0.3 is 0 Å². The standard InChI is InChI=1S/C61H49B2N3/c1-61(2)51-28-15-14-25-47(51)57-52(61)37-55-59(63)58(57)48-27-16-26-45(46-32-29-39-19-12-13-24-44(39)60(46)64)56(48)50-36-43(65(41-20-8-4-9-21-41)42-22-10-5-11-23-42)31-34-54(50)66(55)53-33-30-40(62)35-49(53)38-17-6-3-7-18-38/h3-14,17-25,27,29-34,36-37,49H,15-16,26,28,35,64H2,1-2H3. The van der Waals surface area contributed by atoms with Crippen LogP contribution in [-0.2, 0) is 5.41 Å². The van der Waals surface area contributed by atoms with Crippen molar-refractivity contribution < 1.29 is 0 Å². The Morgan fingerprint density at radius 3 is 2.14 bits per heavy atom. The van der Waals surface area contributed by atoms with Gasteiger partial charge < -0.3 is 15.5 Å². The molecule has 4 radical (unpaired) electrons. The zero-order valence-electron chi connectivity index (χ0n) is 37.6. The van der Waals surface area contributed by atoms with E-state index in [9.17, 15) is 0 Å². The van der Waals surface area contributed by atoms with Crippen LogP contribution in [0.25, 0.3) is 33.1 Å². The molecule has 314 valence electrons. The predicted octanol–water partition coefficient (Wildman–Crippen LogP) is 14.4. The maximum Gasteiger partial charge on any atom is 0.117 e. The number of benzene rings is 7. The Labute approximate surface area is 391 Å². The maximum atomic E-state index is 7.94. The lowest BCUT2D eigenvalue weighted by Crippen LogP contribution is -2.33. The molecule has 5 aliphatic rings. The molecule has 0 saturated heterocycles. The first-order chi connectivity index (χ1) is 32.3. The SMILES string of the molecule is [B]C1=CC=C(N2c3ccc(N(c4ccccc4)c4ccccc4)cc3C3=C(c4ccc5ccccc5c4N)CCC=C3c3c([B])c2cc2c3C3=C(CCC=C3)C2(C)C)C(c2ccccc2)C1. The van der Waals surface area contributed by atoms with Crippen molar-refractivity contribution in [2.45, 2.75) is 57.3 Å². The monoisotopic (exact) mass is 845 g/mol. The summed E-state index contributed by atoms with van der Waals surface area (Å²) in [4.78, 5) is 4.87. The lowest BCUT2D eigenvalue weighted by atomic mass is 9.70. The Morgan fingerprint density at radius 2 is 1.38 bits per heavy atom. The molecule has 0 aromatic heterocycles. The second-order valence-corrected chi connectivity index (χ2v) is 18.9. The lowest BCUT2D eigenvalue weighted by Gasteiger charge is -2.42. The van der Waals surface area contributed by atoms with E-state index in [0.717, 1.165) is 104 Å². The molecule has 7 aromatic carbocycles. The zero-order valence-corrected chi connectivity index (χ0v) is 37.6. The first-order valence-corrected chi connectivity index (χ1v) is 23.4. The summed E-state index contributed by atoms with van der Waals surface area (Å²) in [6.07, 6.45) is 16.0. The first kappa shape index (κ1) is 40.3. The number of allylic oxidation sites excluding steroid dienone is 12. The van der Waals surface area contributed by atoms with Crippen LogP contribution in [0.2, 0.25) is 0 Å². The summed E-state index contributed by atoms with van der Waals surface area (Å²) < 4.78 is 0. The van der Waals surface area contributed by atoms with E-state index in [1.165, 1.54) is 44.6 Å². The summed E-state index contributed by atoms with van der Waals surface area (Å²) in [6.45, 7) is 4.83. The molecular formula is C61H49B2N3. The van der Waals surface area contributed by atoms with Crippen LogP contribution in [0.5, 0.6) is 0 Å². The summed E-state index contributed by atoms with van der Waals surface area (Å²) in [6, 6.07) is 54.7. The topological polar surface area (TPSA) is 32.5 Å². The fraction of sp³-hybridized carbons (Fsp3) is 0.148. The Hall–Kier alpha value is -7.23. The third-order valence-electron chi connectivity index (χ3n) is 14.8. The Morgan fingerprint density at radius 1 is 0.667 bits per heavy atom. The van der Waals surface area contributed by atoms with E-state index >= 15 is 0 Å². The average Bonchev–Trinajstić information content (AvgIpc) is 3.58. The van der Waals surface area contributed by atoms with Gasteiger partial charge in [0, 0.05) is 62.0 Å². The van der Waals surface area contributed by atoms with Gasteiger partial charge in [0.25, 0.3) is 0 Å². The zero-order chi connectivity index (χ0) is 44.7. The number of fused-ring (bicyclic) bond motifs is 10. The number of hydrogen-bond acceptors (Lipinski definition) is 3. The first-order valence-electron chi connectivity index (χ1n) is 23.4. The highest BCUT2D eigenvalue weighted by Gasteiger charge is 2.43. The van der Waals surface area contributed by atoms with Crippen LogP contribution in [0.3, 0.4) is 0 Å². The summed E-state index contributed by atoms with van der Waals surface area (Å²) in [5.41, 5.74) is 29.5. The van der Waals surface area contributed by atoms with Crippen LogP contribution in [-0.4, -0.2) is 15.7 Å². The third-order valence-corrected chi connectivity index (χ3v) is 14.8. The Kier molecular flexibility index (Phi) is 9.61. The average molecular weight is 846 g/mol. The molecule has 0 amide bonds. The van der Waals surface area contributed by atoms with Crippen molar-refractivity contribution in [1.82, 2.24) is 0 Å². The van der Waals surface area contributed by atoms with E-state index in [0.29, 0.717) is 6.42 Å². The van der Waals surface area contributed by atoms with Gasteiger partial charge in [0.05, 0.1) is 5.69 Å². The quantitative estimate of drug-likeness (QED) is 0.134. The van der Waals surface area contributed by atoms with Gasteiger partial charge in [-0.05, 0) is 137 Å². The van der Waals surface area contributed by atoms with E-state index in [-0.39, 0.29) is 11.3 Å². The number of rotatable bonds is 6. The van der Waals surface area contributed by atoms with E-state index < -0.39 is 0 Å². The minimum Gasteiger partial charge on any atom is -0.398 e. The van der Waals surface area contributed by atoms with Gasteiger partial charge in [-0.15, -0.1) is 5.47 Å². The smallest absolute Gasteiger partial charge is 0.117 e. The van der Waals surface area contributed by atoms with Crippen LogP contribution < -0.4 is 21.0 Å². The van der Waals surface area contributed by atoms with Gasteiger partial charge in [-0.1, -0.05) is 152 Å². The van der Waals surface area contributed by atoms with Crippen molar-refractivity contribution in [3.05, 3.63) is 232 Å². The molecule has 2 N–H and O–H groups in total. The molecule has 0 saturated carbocycles. The molecule has 1 unspecified atom stereocenters. The normalized spacial score (nSPS) is 18.1. The third kappa shape index (κ3) is 6.27. The number of nitrogens with two attached hydrogens (primary N) is 1. The van der Waals surface area contributed by atoms with Crippen molar-refractivity contribution in [1.29, 1.82) is 0 Å². The molecule has 3 nitrogen and oxygen atoms in total. The number of nitrogens with zero attached hydrogens (tertiary/aromatic N) is 2. The van der Waals surface area contributed by atoms with Gasteiger partial charge in [0.15, 0.2) is 0 Å². The van der Waals surface area contributed by atoms with Crippen molar-refractivity contribution in [3.8, 4) is 0 Å². The van der Waals surface area contributed by atoms with E-state index in [1.54, 1.807) is 0 Å². The second-order valence-electron chi connectivity index (χ2n) is 18.9. The molecule has 1 atom stereocenters. The number of anilines is 6. The fourth-order valence-corrected chi connectivity index (χ4v) is 11.7. The second kappa shape index (κ2) is 15.7. The molecule has 66 heavy (non-hydrogen) atoms. The maximum absolute atomic E-state index is 7.94. The van der Waals surface area contributed by atoms with Crippen LogP contribution in [0, 0.1) is 0 Å². The Bertz CT molecular complexity index is 3290. The van der Waals surface area contributed by atoms with Crippen LogP contribution in [0.4, 0.5) is 34.1 Å². The molecule has 7 aromatic rings. The largest absolute Gasteiger partial charge is 0.398 e. The van der Waals surface area contributed by atoms with E-state index in [1.807, 2.05) is 0 Å². The van der Waals surface area contributed by atoms with Gasteiger partial charge in [-0.2, -0.15) is 0 Å². The minimum atomic E-state index is -0.204. The minimum absolute atomic E-state index is 0.0300. The van der Waals surface area contributed by atoms with Gasteiger partial charge in [0.2, 0.25) is 0 Å². The number of hydrogen-bond donors (Lipinski definition) is 1. The van der Waals surface area contributed by atoms with E-state index in [2.05, 4.69) is 206 Å². The van der Waals surface area contributed by atoms with Crippen molar-refractivity contribution in [3.63, 3.8) is 0 Å². The fourth-order valence-electron chi connectivity index (χ4n) is 11.7. The van der Waals surface area contributed by atoms with Crippen LogP contribution in [0.1, 0.15) is 85.3 Å². The number of para-hydroxylation sites is 2. The highest BCUT2D eigenvalue weighted by Crippen LogP contribution is 2.59. The highest BCUT2D eigenvalue weighted by molar-refractivity contribution is 6.42. The molecule has 0 spiro atoms. The molecule has 12 rings (SSSR count). The molecular weight excluding hydrogens is 796 g/mol. The summed E-state index contributed by atoms with van der Waals surface area (Å²) >= 11 is 0. The molecule has 0 fully saturated rings. The van der Waals surface area contributed by atoms with Crippen molar-refractivity contribution in [2.75, 3.05) is 15.5 Å². The van der Waals surface area contributed by atoms with Gasteiger partial charge in [-0.3, -0.25) is 0 Å². The Balaban J connectivity index is 1.24. The molecule has 4 aliphatic carbocycles. The molecule has 2 bridgehead atoms. The van der Waals surface area contributed by atoms with E-state index in [4.69, 9.17) is 21.4 Å². The van der Waals surface area contributed by atoms with Crippen molar-refractivity contribution >= 4 is 88.3 Å². The summed E-state index contributed by atoms with van der Waals surface area (Å²) in [5.74, 6) is -0.0300. The van der Waals surface area contributed by atoms with Gasteiger partial charge in [-0.25, -0.2) is 0 Å². The molecule has 1 heterocycles. The predicted molar refractivity (Wildman–Crippen MR) is 282 cm³/mol. The summed E-state index contributed by atoms with van der Waals surface area (Å²) in [7, 11) is 14.7. The van der Waals surface area contributed by atoms with Crippen molar-refractivity contribution in [2.24, 2.45) is 0 Å². The highest BCUT2D eigenvalue weighted by atomic mass is 15.2. The molecule has 5 heteroatoms. The van der Waals surface area contributed by atoms with Gasteiger partial charge in [0.1, 0.15) is 15.7 Å².